The number of nitrogens with two attached hydrogens (primary N) is 1. The maximum Gasteiger partial charge on any atom is 0.124 e. The summed E-state index contributed by atoms with van der Waals surface area (Å²) in [6.07, 6.45) is 5.43. The van der Waals surface area contributed by atoms with Crippen LogP contribution in [0.1, 0.15) is 37.3 Å². The molecule has 1 aliphatic carbocycles. The Hall–Kier alpha value is -1.10. The Morgan fingerprint density at radius 2 is 1.95 bits per heavy atom. The van der Waals surface area contributed by atoms with Crippen LogP contribution in [0.2, 0.25) is 0 Å². The van der Waals surface area contributed by atoms with Crippen molar-refractivity contribution in [2.45, 2.75) is 49.9 Å². The molecule has 1 aromatic rings. The van der Waals surface area contributed by atoms with Crippen molar-refractivity contribution in [3.05, 3.63) is 29.8 Å². The van der Waals surface area contributed by atoms with Crippen molar-refractivity contribution >= 4 is 0 Å². The van der Waals surface area contributed by atoms with Crippen LogP contribution in [0.15, 0.2) is 24.3 Å². The molecule has 4 nitrogen and oxygen atoms in total. The number of hydrogen-bond donors (Lipinski definition) is 1. The molecule has 2 heterocycles. The van der Waals surface area contributed by atoms with Gasteiger partial charge in [-0.2, -0.15) is 0 Å². The molecular weight excluding hydrogens is 264 g/mol. The number of para-hydroxylation sites is 1. The highest BCUT2D eigenvalue weighted by Gasteiger charge is 2.41. The highest BCUT2D eigenvalue weighted by molar-refractivity contribution is 5.38. The van der Waals surface area contributed by atoms with Crippen LogP contribution in [0.25, 0.3) is 0 Å². The van der Waals surface area contributed by atoms with Gasteiger partial charge < -0.3 is 15.2 Å². The molecule has 2 N–H and O–H groups in total. The van der Waals surface area contributed by atoms with Crippen molar-refractivity contribution in [1.82, 2.24) is 4.90 Å². The minimum atomic E-state index is 0.0376. The van der Waals surface area contributed by atoms with Crippen LogP contribution >= 0.6 is 0 Å². The zero-order valence-electron chi connectivity index (χ0n) is 12.4. The van der Waals surface area contributed by atoms with Crippen LogP contribution in [0.5, 0.6) is 5.75 Å². The lowest BCUT2D eigenvalue weighted by Crippen LogP contribution is -2.60. The summed E-state index contributed by atoms with van der Waals surface area (Å²) in [6, 6.07) is 9.02. The van der Waals surface area contributed by atoms with E-state index in [4.69, 9.17) is 15.2 Å². The maximum absolute atomic E-state index is 6.58. The lowest BCUT2D eigenvalue weighted by atomic mass is 9.87. The second kappa shape index (κ2) is 5.59. The molecule has 0 aromatic heterocycles. The Morgan fingerprint density at radius 1 is 1.10 bits per heavy atom. The molecule has 3 aliphatic rings. The van der Waals surface area contributed by atoms with Gasteiger partial charge in [-0.05, 0) is 18.9 Å². The van der Waals surface area contributed by atoms with E-state index in [0.29, 0.717) is 18.8 Å². The molecule has 2 aliphatic heterocycles. The monoisotopic (exact) mass is 288 g/mol. The molecule has 1 saturated heterocycles. The van der Waals surface area contributed by atoms with Crippen molar-refractivity contribution < 1.29 is 9.47 Å². The number of rotatable bonds is 1. The van der Waals surface area contributed by atoms with E-state index in [0.717, 1.165) is 24.5 Å². The third-order valence-corrected chi connectivity index (χ3v) is 5.30. The molecular formula is C17H24N2O2. The molecule has 1 saturated carbocycles. The van der Waals surface area contributed by atoms with Crippen LogP contribution in [-0.4, -0.2) is 42.8 Å². The smallest absolute Gasteiger partial charge is 0.124 e. The van der Waals surface area contributed by atoms with E-state index in [9.17, 15) is 0 Å². The summed E-state index contributed by atoms with van der Waals surface area (Å²) in [7, 11) is 0. The predicted molar refractivity (Wildman–Crippen MR) is 81.4 cm³/mol. The first-order valence-electron chi connectivity index (χ1n) is 8.19. The van der Waals surface area contributed by atoms with Gasteiger partial charge in [0.25, 0.3) is 0 Å². The first-order chi connectivity index (χ1) is 10.3. The number of benzene rings is 1. The van der Waals surface area contributed by atoms with Gasteiger partial charge in [0.2, 0.25) is 0 Å². The number of nitrogens with zero attached hydrogens (tertiary/aromatic N) is 1. The van der Waals surface area contributed by atoms with Crippen LogP contribution in [-0.2, 0) is 4.74 Å². The summed E-state index contributed by atoms with van der Waals surface area (Å²) in [6.45, 7) is 2.50. The summed E-state index contributed by atoms with van der Waals surface area (Å²) < 4.78 is 12.0. The van der Waals surface area contributed by atoms with Crippen LogP contribution < -0.4 is 10.5 Å². The zero-order chi connectivity index (χ0) is 14.2. The summed E-state index contributed by atoms with van der Waals surface area (Å²) in [5, 5.41) is 0. The van der Waals surface area contributed by atoms with E-state index in [2.05, 4.69) is 11.0 Å². The summed E-state index contributed by atoms with van der Waals surface area (Å²) in [4.78, 5) is 2.58. The first kappa shape index (κ1) is 13.6. The van der Waals surface area contributed by atoms with Gasteiger partial charge in [-0.3, -0.25) is 4.90 Å². The number of fused-ring (bicyclic) bond motifs is 2. The van der Waals surface area contributed by atoms with E-state index in [1.807, 2.05) is 18.2 Å². The fraction of sp³-hybridized carbons (Fsp3) is 0.647. The molecule has 21 heavy (non-hydrogen) atoms. The largest absolute Gasteiger partial charge is 0.492 e. The minimum Gasteiger partial charge on any atom is -0.492 e. The van der Waals surface area contributed by atoms with Gasteiger partial charge in [0.1, 0.15) is 12.4 Å². The molecule has 0 amide bonds. The molecule has 114 valence electrons. The average Bonchev–Trinajstić information content (AvgIpc) is 2.55. The Balaban J connectivity index is 1.58. The quantitative estimate of drug-likeness (QED) is 0.859. The normalized spacial score (nSPS) is 36.4. The van der Waals surface area contributed by atoms with Gasteiger partial charge in [-0.15, -0.1) is 0 Å². The lowest BCUT2D eigenvalue weighted by molar-refractivity contribution is -0.112. The van der Waals surface area contributed by atoms with Crippen molar-refractivity contribution in [3.8, 4) is 5.75 Å². The van der Waals surface area contributed by atoms with Gasteiger partial charge in [-0.25, -0.2) is 0 Å². The minimum absolute atomic E-state index is 0.0376. The molecule has 4 atom stereocenters. The topological polar surface area (TPSA) is 47.7 Å². The fourth-order valence-electron chi connectivity index (χ4n) is 4.21. The molecule has 0 bridgehead atoms. The molecule has 4 heteroatoms. The number of morpholine rings is 1. The zero-order valence-corrected chi connectivity index (χ0v) is 12.4. The van der Waals surface area contributed by atoms with E-state index in [1.165, 1.54) is 25.7 Å². The molecule has 1 aromatic carbocycles. The Labute approximate surface area is 126 Å². The van der Waals surface area contributed by atoms with Gasteiger partial charge in [0.15, 0.2) is 0 Å². The van der Waals surface area contributed by atoms with Gasteiger partial charge in [-0.1, -0.05) is 31.0 Å². The van der Waals surface area contributed by atoms with E-state index >= 15 is 0 Å². The number of hydrogen-bond acceptors (Lipinski definition) is 4. The Bertz CT molecular complexity index is 505. The van der Waals surface area contributed by atoms with Crippen molar-refractivity contribution in [3.63, 3.8) is 0 Å². The fourth-order valence-corrected chi connectivity index (χ4v) is 4.21. The van der Waals surface area contributed by atoms with Crippen LogP contribution in [0, 0.1) is 0 Å². The molecule has 0 radical (unpaired) electrons. The maximum atomic E-state index is 6.58. The summed E-state index contributed by atoms with van der Waals surface area (Å²) in [5.41, 5.74) is 7.73. The van der Waals surface area contributed by atoms with Crippen molar-refractivity contribution in [2.75, 3.05) is 19.8 Å². The van der Waals surface area contributed by atoms with Gasteiger partial charge in [0.05, 0.1) is 24.8 Å². The molecule has 4 rings (SSSR count). The highest BCUT2D eigenvalue weighted by Crippen LogP contribution is 2.37. The summed E-state index contributed by atoms with van der Waals surface area (Å²) in [5.74, 6) is 0.953. The first-order valence-corrected chi connectivity index (χ1v) is 8.19. The van der Waals surface area contributed by atoms with Crippen molar-refractivity contribution in [2.24, 2.45) is 5.73 Å². The van der Waals surface area contributed by atoms with E-state index in [-0.39, 0.29) is 12.1 Å². The third-order valence-electron chi connectivity index (χ3n) is 5.30. The standard InChI is InChI=1S/C17H24N2O2/c18-17-12-5-1-3-7-15(12)21-11-14(17)19-9-10-20-16-8-4-2-6-13(16)19/h1,3,5,7,13-14,16-17H,2,4,6,8-11,18H2. The molecule has 4 unspecified atom stereocenters. The van der Waals surface area contributed by atoms with E-state index in [1.54, 1.807) is 0 Å². The van der Waals surface area contributed by atoms with Crippen LogP contribution in [0.3, 0.4) is 0 Å². The van der Waals surface area contributed by atoms with Gasteiger partial charge in [0, 0.05) is 18.2 Å². The predicted octanol–water partition coefficient (Wildman–Crippen LogP) is 2.09. The molecule has 2 fully saturated rings. The Kier molecular flexibility index (Phi) is 3.61. The molecule has 0 spiro atoms. The second-order valence-corrected chi connectivity index (χ2v) is 6.44. The third kappa shape index (κ3) is 2.35. The van der Waals surface area contributed by atoms with E-state index < -0.39 is 0 Å². The number of ether oxygens (including phenoxy) is 2. The lowest BCUT2D eigenvalue weighted by Gasteiger charge is -2.49. The SMILES string of the molecule is NC1c2ccccc2OCC1N1CCOC2CCCCC21. The average molecular weight is 288 g/mol. The summed E-state index contributed by atoms with van der Waals surface area (Å²) >= 11 is 0. The second-order valence-electron chi connectivity index (χ2n) is 6.44. The van der Waals surface area contributed by atoms with Crippen LogP contribution in [0.4, 0.5) is 0 Å². The Morgan fingerprint density at radius 3 is 2.90 bits per heavy atom. The van der Waals surface area contributed by atoms with Gasteiger partial charge >= 0.3 is 0 Å². The highest BCUT2D eigenvalue weighted by atomic mass is 16.5. The van der Waals surface area contributed by atoms with Crippen molar-refractivity contribution in [1.29, 1.82) is 0 Å².